The van der Waals surface area contributed by atoms with Gasteiger partial charge < -0.3 is 29.9 Å². The average Bonchev–Trinajstić information content (AvgIpc) is 3.11. The number of piperidine rings is 1. The van der Waals surface area contributed by atoms with Crippen molar-refractivity contribution in [2.75, 3.05) is 50.8 Å². The van der Waals surface area contributed by atoms with Crippen molar-refractivity contribution in [2.45, 2.75) is 38.1 Å². The summed E-state index contributed by atoms with van der Waals surface area (Å²) >= 11 is 0. The van der Waals surface area contributed by atoms with Crippen LogP contribution >= 0.6 is 0 Å². The molecule has 158 valence electrons. The molecule has 0 aromatic heterocycles. The molecule has 4 rings (SSSR count). The molecule has 1 aromatic rings. The molecule has 8 nitrogen and oxygen atoms in total. The summed E-state index contributed by atoms with van der Waals surface area (Å²) in [7, 11) is 0. The second kappa shape index (κ2) is 9.35. The van der Waals surface area contributed by atoms with E-state index in [4.69, 9.17) is 9.47 Å². The van der Waals surface area contributed by atoms with Gasteiger partial charge in [0.1, 0.15) is 13.2 Å². The van der Waals surface area contributed by atoms with Crippen molar-refractivity contribution < 1.29 is 19.1 Å². The number of nitrogens with one attached hydrogen (secondary N) is 2. The molecule has 3 aliphatic rings. The van der Waals surface area contributed by atoms with Crippen LogP contribution in [-0.2, 0) is 4.79 Å². The van der Waals surface area contributed by atoms with E-state index in [0.29, 0.717) is 44.2 Å². The van der Waals surface area contributed by atoms with Gasteiger partial charge in [0.25, 0.3) is 0 Å². The van der Waals surface area contributed by atoms with Gasteiger partial charge >= 0.3 is 6.03 Å². The van der Waals surface area contributed by atoms with Gasteiger partial charge in [-0.1, -0.05) is 6.42 Å². The van der Waals surface area contributed by atoms with Crippen molar-refractivity contribution in [1.82, 2.24) is 15.5 Å². The number of nitrogens with zero attached hydrogens (tertiary/aromatic N) is 2. The molecule has 29 heavy (non-hydrogen) atoms. The molecule has 1 atom stereocenters. The molecular formula is C21H30N4O4. The molecule has 3 aliphatic heterocycles. The number of fused-ring (bicyclic) bond motifs is 1. The number of hydrogen-bond donors (Lipinski definition) is 2. The summed E-state index contributed by atoms with van der Waals surface area (Å²) in [6, 6.07) is 5.11. The van der Waals surface area contributed by atoms with Crippen LogP contribution in [0.2, 0.25) is 0 Å². The maximum atomic E-state index is 12.4. The first kappa shape index (κ1) is 19.8. The Hall–Kier alpha value is -2.48. The van der Waals surface area contributed by atoms with Crippen molar-refractivity contribution in [3.8, 4) is 11.5 Å². The van der Waals surface area contributed by atoms with Crippen LogP contribution in [0.1, 0.15) is 32.1 Å². The molecule has 0 spiro atoms. The molecule has 1 unspecified atom stereocenters. The SMILES string of the molecule is O=C(NCCCN1CCCCC1)NC1CC(=O)N(c2ccc3c(c2)OCCO3)C1. The summed E-state index contributed by atoms with van der Waals surface area (Å²) in [5.74, 6) is 1.35. The van der Waals surface area contributed by atoms with Crippen LogP contribution in [0.3, 0.4) is 0 Å². The van der Waals surface area contributed by atoms with Crippen molar-refractivity contribution in [3.05, 3.63) is 18.2 Å². The van der Waals surface area contributed by atoms with Crippen LogP contribution in [-0.4, -0.2) is 68.8 Å². The van der Waals surface area contributed by atoms with Gasteiger partial charge in [-0.15, -0.1) is 0 Å². The smallest absolute Gasteiger partial charge is 0.315 e. The van der Waals surface area contributed by atoms with E-state index < -0.39 is 0 Å². The lowest BCUT2D eigenvalue weighted by atomic mass is 10.1. The van der Waals surface area contributed by atoms with E-state index in [9.17, 15) is 9.59 Å². The first-order valence-electron chi connectivity index (χ1n) is 10.7. The van der Waals surface area contributed by atoms with E-state index in [1.54, 1.807) is 4.90 Å². The highest BCUT2D eigenvalue weighted by atomic mass is 16.6. The molecular weight excluding hydrogens is 372 g/mol. The second-order valence-electron chi connectivity index (χ2n) is 7.89. The summed E-state index contributed by atoms with van der Waals surface area (Å²) in [5, 5.41) is 5.84. The number of hydrogen-bond acceptors (Lipinski definition) is 5. The number of anilines is 1. The number of ether oxygens (including phenoxy) is 2. The second-order valence-corrected chi connectivity index (χ2v) is 7.89. The summed E-state index contributed by atoms with van der Waals surface area (Å²) in [6.07, 6.45) is 5.14. The van der Waals surface area contributed by atoms with Gasteiger partial charge in [-0.25, -0.2) is 4.79 Å². The zero-order valence-electron chi connectivity index (χ0n) is 16.8. The van der Waals surface area contributed by atoms with Gasteiger partial charge in [-0.2, -0.15) is 0 Å². The molecule has 3 amide bonds. The van der Waals surface area contributed by atoms with E-state index in [-0.39, 0.29) is 18.0 Å². The molecule has 0 saturated carbocycles. The number of carbonyl (C=O) groups excluding carboxylic acids is 2. The highest BCUT2D eigenvalue weighted by molar-refractivity contribution is 5.97. The molecule has 0 aliphatic carbocycles. The lowest BCUT2D eigenvalue weighted by Crippen LogP contribution is -2.44. The van der Waals surface area contributed by atoms with E-state index >= 15 is 0 Å². The monoisotopic (exact) mass is 402 g/mol. The lowest BCUT2D eigenvalue weighted by Gasteiger charge is -2.26. The Labute approximate surface area is 171 Å². The van der Waals surface area contributed by atoms with Crippen molar-refractivity contribution in [1.29, 1.82) is 0 Å². The van der Waals surface area contributed by atoms with E-state index in [0.717, 1.165) is 18.7 Å². The third kappa shape index (κ3) is 5.12. The standard InChI is InChI=1S/C21H30N4O4/c26-20-13-16(23-21(27)22-7-4-10-24-8-2-1-3-9-24)15-25(20)17-5-6-18-19(14-17)29-12-11-28-18/h5-6,14,16H,1-4,7-13,15H2,(H2,22,23,27). The number of carbonyl (C=O) groups is 2. The number of amides is 3. The zero-order chi connectivity index (χ0) is 20.1. The van der Waals surface area contributed by atoms with E-state index in [1.807, 2.05) is 18.2 Å². The van der Waals surface area contributed by atoms with Crippen molar-refractivity contribution in [3.63, 3.8) is 0 Å². The molecule has 0 bridgehead atoms. The van der Waals surface area contributed by atoms with Gasteiger partial charge in [-0.3, -0.25) is 4.79 Å². The number of rotatable bonds is 6. The minimum Gasteiger partial charge on any atom is -0.486 e. The Morgan fingerprint density at radius 2 is 1.90 bits per heavy atom. The third-order valence-electron chi connectivity index (χ3n) is 5.68. The van der Waals surface area contributed by atoms with Crippen LogP contribution in [0.25, 0.3) is 0 Å². The van der Waals surface area contributed by atoms with Crippen LogP contribution in [0, 0.1) is 0 Å². The fourth-order valence-electron chi connectivity index (χ4n) is 4.18. The Bertz CT molecular complexity index is 735. The molecule has 1 aromatic carbocycles. The first-order valence-corrected chi connectivity index (χ1v) is 10.7. The summed E-state index contributed by atoms with van der Waals surface area (Å²) in [5.41, 5.74) is 0.769. The molecule has 2 fully saturated rings. The fraction of sp³-hybridized carbons (Fsp3) is 0.619. The number of likely N-dealkylation sites (tertiary alicyclic amines) is 1. The molecule has 3 heterocycles. The average molecular weight is 402 g/mol. The first-order chi connectivity index (χ1) is 14.2. The van der Waals surface area contributed by atoms with Gasteiger partial charge in [0, 0.05) is 31.3 Å². The topological polar surface area (TPSA) is 83.1 Å². The summed E-state index contributed by atoms with van der Waals surface area (Å²) in [4.78, 5) is 28.8. The summed E-state index contributed by atoms with van der Waals surface area (Å²) in [6.45, 7) is 5.52. The predicted molar refractivity (Wildman–Crippen MR) is 110 cm³/mol. The van der Waals surface area contributed by atoms with Gasteiger partial charge in [0.05, 0.1) is 6.04 Å². The van der Waals surface area contributed by atoms with E-state index in [1.165, 1.54) is 32.4 Å². The maximum absolute atomic E-state index is 12.4. The predicted octanol–water partition coefficient (Wildman–Crippen LogP) is 1.74. The van der Waals surface area contributed by atoms with Crippen molar-refractivity contribution in [2.24, 2.45) is 0 Å². The third-order valence-corrected chi connectivity index (χ3v) is 5.68. The normalized spacial score (nSPS) is 21.9. The van der Waals surface area contributed by atoms with Crippen LogP contribution in [0.15, 0.2) is 18.2 Å². The summed E-state index contributed by atoms with van der Waals surface area (Å²) < 4.78 is 11.1. The minimum atomic E-state index is -0.203. The Morgan fingerprint density at radius 1 is 1.10 bits per heavy atom. The number of urea groups is 1. The zero-order valence-corrected chi connectivity index (χ0v) is 16.8. The highest BCUT2D eigenvalue weighted by Gasteiger charge is 2.32. The Morgan fingerprint density at radius 3 is 2.72 bits per heavy atom. The number of benzene rings is 1. The quantitative estimate of drug-likeness (QED) is 0.709. The Balaban J connectivity index is 1.21. The molecule has 2 saturated heterocycles. The molecule has 0 radical (unpaired) electrons. The lowest BCUT2D eigenvalue weighted by molar-refractivity contribution is -0.117. The largest absolute Gasteiger partial charge is 0.486 e. The van der Waals surface area contributed by atoms with Crippen LogP contribution in [0.5, 0.6) is 11.5 Å². The molecule has 8 heteroatoms. The molecule has 2 N–H and O–H groups in total. The van der Waals surface area contributed by atoms with Gasteiger partial charge in [0.2, 0.25) is 5.91 Å². The fourth-order valence-corrected chi connectivity index (χ4v) is 4.18. The van der Waals surface area contributed by atoms with Crippen LogP contribution in [0.4, 0.5) is 10.5 Å². The van der Waals surface area contributed by atoms with Crippen molar-refractivity contribution >= 4 is 17.6 Å². The minimum absolute atomic E-state index is 0.00271. The van der Waals surface area contributed by atoms with E-state index in [2.05, 4.69) is 15.5 Å². The van der Waals surface area contributed by atoms with Gasteiger partial charge in [-0.05, 0) is 51.0 Å². The Kier molecular flexibility index (Phi) is 6.39. The maximum Gasteiger partial charge on any atom is 0.315 e. The van der Waals surface area contributed by atoms with Crippen LogP contribution < -0.4 is 25.0 Å². The highest BCUT2D eigenvalue weighted by Crippen LogP contribution is 2.35. The van der Waals surface area contributed by atoms with Gasteiger partial charge in [0.15, 0.2) is 11.5 Å².